The Balaban J connectivity index is 1.70. The van der Waals surface area contributed by atoms with E-state index in [0.717, 1.165) is 12.0 Å². The van der Waals surface area contributed by atoms with Gasteiger partial charge >= 0.3 is 12.1 Å². The Morgan fingerprint density at radius 2 is 1.96 bits per heavy atom. The predicted molar refractivity (Wildman–Crippen MR) is 85.3 cm³/mol. The molecule has 0 N–H and O–H groups in total. The second-order valence-corrected chi connectivity index (χ2v) is 5.72. The summed E-state index contributed by atoms with van der Waals surface area (Å²) in [4.78, 5) is 15.2. The number of benzene rings is 1. The van der Waals surface area contributed by atoms with Crippen LogP contribution in [0, 0.1) is 0 Å². The molecule has 0 saturated carbocycles. The van der Waals surface area contributed by atoms with Crippen molar-refractivity contribution in [2.24, 2.45) is 0 Å². The lowest BCUT2D eigenvalue weighted by Gasteiger charge is -2.02. The molecule has 0 atom stereocenters. The molecule has 0 fully saturated rings. The number of carbonyl (C=O) groups excluding carboxylic acids is 1. The van der Waals surface area contributed by atoms with Gasteiger partial charge in [0.2, 0.25) is 5.82 Å². The number of nitrogens with zero attached hydrogens (tertiary/aromatic N) is 4. The molecular formula is C17H15F3N4O2. The standard InChI is InChI=1S/C17H15F3N4O2/c1-2-3-14(25)13-8-21-24(10-13)9-11-4-6-12(7-5-11)15-22-16(26-23-15)17(18,19)20/h4-8,10H,2-3,9H2,1H3. The van der Waals surface area contributed by atoms with Gasteiger partial charge in [-0.05, 0) is 12.0 Å². The van der Waals surface area contributed by atoms with Crippen molar-refractivity contribution in [2.75, 3.05) is 0 Å². The average molecular weight is 364 g/mol. The van der Waals surface area contributed by atoms with Crippen LogP contribution in [-0.4, -0.2) is 25.7 Å². The van der Waals surface area contributed by atoms with E-state index in [1.807, 2.05) is 6.92 Å². The molecule has 0 aliphatic rings. The van der Waals surface area contributed by atoms with Crippen LogP contribution in [0.2, 0.25) is 0 Å². The minimum Gasteiger partial charge on any atom is -0.329 e. The van der Waals surface area contributed by atoms with E-state index in [4.69, 9.17) is 0 Å². The smallest absolute Gasteiger partial charge is 0.329 e. The molecule has 0 spiro atoms. The molecule has 0 radical (unpaired) electrons. The van der Waals surface area contributed by atoms with Gasteiger partial charge in [-0.25, -0.2) is 0 Å². The van der Waals surface area contributed by atoms with Crippen LogP contribution < -0.4 is 0 Å². The highest BCUT2D eigenvalue weighted by atomic mass is 19.4. The topological polar surface area (TPSA) is 73.8 Å². The minimum atomic E-state index is -4.67. The van der Waals surface area contributed by atoms with Gasteiger partial charge in [0.25, 0.3) is 0 Å². The van der Waals surface area contributed by atoms with Crippen molar-refractivity contribution in [1.82, 2.24) is 19.9 Å². The van der Waals surface area contributed by atoms with Crippen molar-refractivity contribution in [1.29, 1.82) is 0 Å². The molecule has 1 aromatic carbocycles. The van der Waals surface area contributed by atoms with E-state index in [0.29, 0.717) is 24.1 Å². The number of ketones is 1. The highest BCUT2D eigenvalue weighted by molar-refractivity contribution is 5.95. The molecule has 2 aromatic heterocycles. The molecule has 136 valence electrons. The summed E-state index contributed by atoms with van der Waals surface area (Å²) in [5, 5.41) is 7.50. The summed E-state index contributed by atoms with van der Waals surface area (Å²) in [5.74, 6) is -1.46. The fourth-order valence-corrected chi connectivity index (χ4v) is 2.37. The van der Waals surface area contributed by atoms with Crippen LogP contribution >= 0.6 is 0 Å². The molecule has 3 rings (SSSR count). The summed E-state index contributed by atoms with van der Waals surface area (Å²) in [6, 6.07) is 6.67. The van der Waals surface area contributed by atoms with E-state index in [9.17, 15) is 18.0 Å². The average Bonchev–Trinajstić information content (AvgIpc) is 3.25. The quantitative estimate of drug-likeness (QED) is 0.619. The van der Waals surface area contributed by atoms with Crippen LogP contribution in [0.1, 0.15) is 41.6 Å². The summed E-state index contributed by atoms with van der Waals surface area (Å²) >= 11 is 0. The number of alkyl halides is 3. The van der Waals surface area contributed by atoms with Crippen LogP contribution in [0.5, 0.6) is 0 Å². The zero-order chi connectivity index (χ0) is 18.7. The molecule has 0 unspecified atom stereocenters. The fraction of sp³-hybridized carbons (Fsp3) is 0.294. The maximum atomic E-state index is 12.5. The molecule has 0 saturated heterocycles. The van der Waals surface area contributed by atoms with Gasteiger partial charge in [-0.1, -0.05) is 36.3 Å². The lowest BCUT2D eigenvalue weighted by Crippen LogP contribution is -2.04. The monoisotopic (exact) mass is 364 g/mol. The second kappa shape index (κ2) is 7.11. The summed E-state index contributed by atoms with van der Waals surface area (Å²) in [7, 11) is 0. The van der Waals surface area contributed by atoms with Crippen LogP contribution in [0.25, 0.3) is 11.4 Å². The molecule has 26 heavy (non-hydrogen) atoms. The van der Waals surface area contributed by atoms with Crippen LogP contribution in [0.3, 0.4) is 0 Å². The van der Waals surface area contributed by atoms with E-state index in [-0.39, 0.29) is 11.6 Å². The van der Waals surface area contributed by atoms with E-state index in [2.05, 4.69) is 19.8 Å². The molecular weight excluding hydrogens is 349 g/mol. The van der Waals surface area contributed by atoms with Crippen LogP contribution in [0.15, 0.2) is 41.2 Å². The summed E-state index contributed by atoms with van der Waals surface area (Å²) in [6.45, 7) is 2.37. The van der Waals surface area contributed by atoms with Crippen molar-refractivity contribution in [3.8, 4) is 11.4 Å². The third kappa shape index (κ3) is 3.98. The molecule has 0 aliphatic carbocycles. The Morgan fingerprint density at radius 1 is 1.23 bits per heavy atom. The van der Waals surface area contributed by atoms with E-state index >= 15 is 0 Å². The van der Waals surface area contributed by atoms with Gasteiger partial charge < -0.3 is 4.52 Å². The molecule has 0 aliphatic heterocycles. The summed E-state index contributed by atoms with van der Waals surface area (Å²) < 4.78 is 43.4. The summed E-state index contributed by atoms with van der Waals surface area (Å²) in [5.41, 5.74) is 1.84. The predicted octanol–water partition coefficient (Wildman–Crippen LogP) is 3.98. The Hall–Kier alpha value is -2.97. The Labute approximate surface area is 146 Å². The Bertz CT molecular complexity index is 897. The van der Waals surface area contributed by atoms with Crippen molar-refractivity contribution < 1.29 is 22.5 Å². The zero-order valence-corrected chi connectivity index (χ0v) is 13.8. The highest BCUT2D eigenvalue weighted by Gasteiger charge is 2.38. The van der Waals surface area contributed by atoms with E-state index in [1.54, 1.807) is 35.1 Å². The third-order valence-corrected chi connectivity index (χ3v) is 3.66. The van der Waals surface area contributed by atoms with Gasteiger partial charge in [-0.3, -0.25) is 9.48 Å². The number of halogens is 3. The van der Waals surface area contributed by atoms with Gasteiger partial charge in [0.1, 0.15) is 0 Å². The SMILES string of the molecule is CCCC(=O)c1cnn(Cc2ccc(-c3noc(C(F)(F)F)n3)cc2)c1. The maximum Gasteiger partial charge on any atom is 0.471 e. The first kappa shape index (κ1) is 17.8. The van der Waals surface area contributed by atoms with Gasteiger partial charge in [0.05, 0.1) is 18.3 Å². The maximum absolute atomic E-state index is 12.5. The van der Waals surface area contributed by atoms with Crippen LogP contribution in [0.4, 0.5) is 13.2 Å². The van der Waals surface area contributed by atoms with Crippen molar-refractivity contribution in [3.05, 3.63) is 53.7 Å². The van der Waals surface area contributed by atoms with E-state index < -0.39 is 12.1 Å². The lowest BCUT2D eigenvalue weighted by atomic mass is 10.1. The molecule has 6 nitrogen and oxygen atoms in total. The summed E-state index contributed by atoms with van der Waals surface area (Å²) in [6.07, 6.45) is -0.203. The number of aromatic nitrogens is 4. The highest BCUT2D eigenvalue weighted by Crippen LogP contribution is 2.29. The number of carbonyl (C=O) groups is 1. The Kier molecular flexibility index (Phi) is 4.88. The zero-order valence-electron chi connectivity index (χ0n) is 13.8. The fourth-order valence-electron chi connectivity index (χ4n) is 2.37. The van der Waals surface area contributed by atoms with Crippen molar-refractivity contribution >= 4 is 5.78 Å². The van der Waals surface area contributed by atoms with Gasteiger partial charge in [-0.2, -0.15) is 23.3 Å². The molecule has 0 bridgehead atoms. The number of hydrogen-bond donors (Lipinski definition) is 0. The largest absolute Gasteiger partial charge is 0.471 e. The first-order chi connectivity index (χ1) is 12.4. The van der Waals surface area contributed by atoms with Gasteiger partial charge in [0.15, 0.2) is 5.78 Å². The second-order valence-electron chi connectivity index (χ2n) is 5.72. The number of rotatable bonds is 6. The normalized spacial score (nSPS) is 11.7. The number of Topliss-reactive ketones (excluding diaryl/α,β-unsaturated/α-hetero) is 1. The van der Waals surface area contributed by atoms with Crippen molar-refractivity contribution in [2.45, 2.75) is 32.5 Å². The lowest BCUT2D eigenvalue weighted by molar-refractivity contribution is -0.159. The van der Waals surface area contributed by atoms with Crippen LogP contribution in [-0.2, 0) is 12.7 Å². The molecule has 3 aromatic rings. The van der Waals surface area contributed by atoms with Gasteiger partial charge in [0, 0.05) is 18.2 Å². The molecule has 9 heteroatoms. The van der Waals surface area contributed by atoms with Crippen molar-refractivity contribution in [3.63, 3.8) is 0 Å². The molecule has 0 amide bonds. The first-order valence-corrected chi connectivity index (χ1v) is 7.92. The van der Waals surface area contributed by atoms with Gasteiger partial charge in [-0.15, -0.1) is 0 Å². The first-order valence-electron chi connectivity index (χ1n) is 7.92. The Morgan fingerprint density at radius 3 is 2.58 bits per heavy atom. The number of hydrogen-bond acceptors (Lipinski definition) is 5. The third-order valence-electron chi connectivity index (χ3n) is 3.66. The van der Waals surface area contributed by atoms with E-state index in [1.165, 1.54) is 6.20 Å². The molecule has 2 heterocycles. The minimum absolute atomic E-state index is 0.0478.